The predicted molar refractivity (Wildman–Crippen MR) is 171 cm³/mol. The van der Waals surface area contributed by atoms with Crippen LogP contribution in [0, 0.1) is 0 Å². The molecule has 3 heterocycles. The highest BCUT2D eigenvalue weighted by Crippen LogP contribution is 2.39. The van der Waals surface area contributed by atoms with Gasteiger partial charge in [-0.3, -0.25) is 14.5 Å². The van der Waals surface area contributed by atoms with Gasteiger partial charge in [-0.05, 0) is 81.4 Å². The van der Waals surface area contributed by atoms with Crippen LogP contribution >= 0.6 is 0 Å². The van der Waals surface area contributed by atoms with Crippen molar-refractivity contribution in [3.63, 3.8) is 0 Å². The summed E-state index contributed by atoms with van der Waals surface area (Å²) in [5, 5.41) is 15.3. The number of aliphatic hydroxyl groups excluding tert-OH is 1. The van der Waals surface area contributed by atoms with E-state index in [4.69, 9.17) is 9.47 Å². The third-order valence-electron chi connectivity index (χ3n) is 9.14. The molecule has 2 aromatic rings. The van der Waals surface area contributed by atoms with E-state index in [0.29, 0.717) is 19.0 Å². The Morgan fingerprint density at radius 2 is 1.64 bits per heavy atom. The molecule has 4 atom stereocenters. The first kappa shape index (κ1) is 32.6. The molecular formula is C35H50N4O5. The van der Waals surface area contributed by atoms with Crippen LogP contribution < -0.4 is 10.6 Å². The second kappa shape index (κ2) is 16.5. The summed E-state index contributed by atoms with van der Waals surface area (Å²) in [5.74, 6) is -0.0332. The highest BCUT2D eigenvalue weighted by atomic mass is 16.7. The first-order valence-corrected chi connectivity index (χ1v) is 16.6. The number of unbranched alkanes of at least 4 members (excludes halogenated alkanes) is 2. The Hall–Kier alpha value is -2.82. The van der Waals surface area contributed by atoms with Crippen molar-refractivity contribution in [2.45, 2.75) is 95.9 Å². The van der Waals surface area contributed by atoms with Gasteiger partial charge in [0.15, 0.2) is 6.29 Å². The second-order valence-electron chi connectivity index (χ2n) is 12.6. The number of carbonyl (C=O) groups excluding carboxylic acids is 2. The summed E-state index contributed by atoms with van der Waals surface area (Å²) in [6.07, 6.45) is 8.30. The van der Waals surface area contributed by atoms with Gasteiger partial charge < -0.3 is 30.1 Å². The van der Waals surface area contributed by atoms with Gasteiger partial charge in [-0.25, -0.2) is 0 Å². The molecule has 9 nitrogen and oxygen atoms in total. The second-order valence-corrected chi connectivity index (χ2v) is 12.6. The minimum absolute atomic E-state index is 0.0111. The molecule has 3 aliphatic rings. The van der Waals surface area contributed by atoms with Gasteiger partial charge in [0.05, 0.1) is 18.8 Å². The smallest absolute Gasteiger partial charge is 0.224 e. The molecule has 3 saturated heterocycles. The molecule has 0 radical (unpaired) electrons. The van der Waals surface area contributed by atoms with Crippen molar-refractivity contribution in [2.24, 2.45) is 0 Å². The monoisotopic (exact) mass is 606 g/mol. The van der Waals surface area contributed by atoms with E-state index in [1.165, 1.54) is 45.7 Å². The zero-order chi connectivity index (χ0) is 30.7. The summed E-state index contributed by atoms with van der Waals surface area (Å²) in [5.41, 5.74) is 3.66. The number of hydrogen-bond acceptors (Lipinski definition) is 7. The molecule has 3 N–H and O–H groups in total. The standard InChI is InChI=1S/C35H50N4O5/c1-26(41)36-18-4-2-3-9-34(42)37-30-16-14-29(15-17-30)35-43-32(22-33(44-35)28-12-10-27(25-40)11-13-28)24-39-21-7-8-31(39)23-38-19-5-6-20-38/h10-17,31-33,35,40H,2-9,18-25H2,1H3,(H,36,41)(H,37,42)/t31-,32+,33-,35-/m0/s1. The van der Waals surface area contributed by atoms with Crippen LogP contribution in [0.1, 0.15) is 93.8 Å². The van der Waals surface area contributed by atoms with Crippen LogP contribution in [0.15, 0.2) is 48.5 Å². The lowest BCUT2D eigenvalue weighted by Gasteiger charge is -2.39. The molecule has 0 saturated carbocycles. The number of nitrogens with one attached hydrogen (secondary N) is 2. The molecule has 0 aliphatic carbocycles. The summed E-state index contributed by atoms with van der Waals surface area (Å²) in [6.45, 7) is 7.80. The van der Waals surface area contributed by atoms with E-state index in [9.17, 15) is 14.7 Å². The first-order chi connectivity index (χ1) is 21.5. The van der Waals surface area contributed by atoms with Crippen LogP contribution in [0.5, 0.6) is 0 Å². The fraction of sp³-hybridized carbons (Fsp3) is 0.600. The van der Waals surface area contributed by atoms with E-state index < -0.39 is 6.29 Å². The largest absolute Gasteiger partial charge is 0.392 e. The normalized spacial score (nSPS) is 24.4. The summed E-state index contributed by atoms with van der Waals surface area (Å²) >= 11 is 0. The maximum absolute atomic E-state index is 12.5. The van der Waals surface area contributed by atoms with Gasteiger partial charge >= 0.3 is 0 Å². The number of nitrogens with zero attached hydrogens (tertiary/aromatic N) is 2. The van der Waals surface area contributed by atoms with Gasteiger partial charge in [-0.15, -0.1) is 0 Å². The molecule has 3 aliphatic heterocycles. The molecule has 2 aromatic carbocycles. The van der Waals surface area contributed by atoms with Crippen molar-refractivity contribution in [1.82, 2.24) is 15.1 Å². The van der Waals surface area contributed by atoms with Crippen molar-refractivity contribution in [3.05, 3.63) is 65.2 Å². The number of hydrogen-bond donors (Lipinski definition) is 3. The average molecular weight is 607 g/mol. The Kier molecular flexibility index (Phi) is 12.2. The van der Waals surface area contributed by atoms with E-state index in [1.54, 1.807) is 0 Å². The van der Waals surface area contributed by atoms with Crippen molar-refractivity contribution in [3.8, 4) is 0 Å². The highest BCUT2D eigenvalue weighted by molar-refractivity contribution is 5.90. The van der Waals surface area contributed by atoms with Crippen LogP contribution in [-0.2, 0) is 25.7 Å². The van der Waals surface area contributed by atoms with Crippen LogP contribution in [0.4, 0.5) is 5.69 Å². The summed E-state index contributed by atoms with van der Waals surface area (Å²) < 4.78 is 13.2. The van der Waals surface area contributed by atoms with Crippen molar-refractivity contribution in [1.29, 1.82) is 0 Å². The van der Waals surface area contributed by atoms with Gasteiger partial charge in [-0.2, -0.15) is 0 Å². The summed E-state index contributed by atoms with van der Waals surface area (Å²) in [6, 6.07) is 16.4. The van der Waals surface area contributed by atoms with E-state index >= 15 is 0 Å². The first-order valence-electron chi connectivity index (χ1n) is 16.6. The molecule has 240 valence electrons. The Balaban J connectivity index is 1.19. The van der Waals surface area contributed by atoms with Gasteiger partial charge in [0.25, 0.3) is 0 Å². The lowest BCUT2D eigenvalue weighted by molar-refractivity contribution is -0.253. The molecule has 44 heavy (non-hydrogen) atoms. The lowest BCUT2D eigenvalue weighted by atomic mass is 9.99. The van der Waals surface area contributed by atoms with Crippen molar-refractivity contribution >= 4 is 17.5 Å². The lowest BCUT2D eigenvalue weighted by Crippen LogP contribution is -2.45. The highest BCUT2D eigenvalue weighted by Gasteiger charge is 2.36. The van der Waals surface area contributed by atoms with E-state index in [1.807, 2.05) is 36.4 Å². The van der Waals surface area contributed by atoms with Gasteiger partial charge in [0.2, 0.25) is 11.8 Å². The van der Waals surface area contributed by atoms with E-state index in [-0.39, 0.29) is 30.6 Å². The predicted octanol–water partition coefficient (Wildman–Crippen LogP) is 4.92. The van der Waals surface area contributed by atoms with Crippen LogP contribution in [0.2, 0.25) is 0 Å². The quantitative estimate of drug-likeness (QED) is 0.263. The molecule has 9 heteroatoms. The molecule has 0 spiro atoms. The Morgan fingerprint density at radius 3 is 2.36 bits per heavy atom. The molecule has 0 bridgehead atoms. The topological polar surface area (TPSA) is 103 Å². The Morgan fingerprint density at radius 1 is 0.886 bits per heavy atom. The molecule has 5 rings (SSSR count). The maximum atomic E-state index is 12.5. The zero-order valence-electron chi connectivity index (χ0n) is 26.2. The van der Waals surface area contributed by atoms with Crippen LogP contribution in [0.3, 0.4) is 0 Å². The third kappa shape index (κ3) is 9.59. The molecular weight excluding hydrogens is 556 g/mol. The number of aliphatic hydroxyl groups is 1. The Labute approximate surface area is 262 Å². The third-order valence-corrected chi connectivity index (χ3v) is 9.14. The summed E-state index contributed by atoms with van der Waals surface area (Å²) in [7, 11) is 0. The number of ether oxygens (including phenoxy) is 2. The zero-order valence-corrected chi connectivity index (χ0v) is 26.2. The van der Waals surface area contributed by atoms with Gasteiger partial charge in [0, 0.05) is 56.7 Å². The molecule has 0 unspecified atom stereocenters. The number of benzene rings is 2. The molecule has 0 aromatic heterocycles. The van der Waals surface area contributed by atoms with Crippen molar-refractivity contribution in [2.75, 3.05) is 44.6 Å². The van der Waals surface area contributed by atoms with Gasteiger partial charge in [0.1, 0.15) is 0 Å². The van der Waals surface area contributed by atoms with Crippen LogP contribution in [0.25, 0.3) is 0 Å². The number of amides is 2. The molecule has 3 fully saturated rings. The fourth-order valence-corrected chi connectivity index (χ4v) is 6.70. The van der Waals surface area contributed by atoms with Crippen molar-refractivity contribution < 1.29 is 24.2 Å². The number of rotatable bonds is 14. The minimum atomic E-state index is -0.510. The number of likely N-dealkylation sites (tertiary alicyclic amines) is 2. The maximum Gasteiger partial charge on any atom is 0.224 e. The minimum Gasteiger partial charge on any atom is -0.392 e. The number of anilines is 1. The van der Waals surface area contributed by atoms with Crippen LogP contribution in [-0.4, -0.2) is 78.1 Å². The average Bonchev–Trinajstić information content (AvgIpc) is 3.71. The fourth-order valence-electron chi connectivity index (χ4n) is 6.70. The van der Waals surface area contributed by atoms with E-state index in [2.05, 4.69) is 32.6 Å². The SMILES string of the molecule is CC(=O)NCCCCCC(=O)Nc1ccc([C@H]2O[C@@H](CN3CCC[C@H]3CN3CCCC3)C[C@@H](c3ccc(CO)cc3)O2)cc1. The Bertz CT molecular complexity index is 1180. The van der Waals surface area contributed by atoms with Gasteiger partial charge in [-0.1, -0.05) is 42.8 Å². The van der Waals surface area contributed by atoms with E-state index in [0.717, 1.165) is 67.7 Å². The molecule has 2 amide bonds. The summed E-state index contributed by atoms with van der Waals surface area (Å²) in [4.78, 5) is 28.7. The number of carbonyl (C=O) groups is 2.